The molecule has 0 spiro atoms. The number of methoxy groups -OCH3 is 1. The average Bonchev–Trinajstić information content (AvgIpc) is 2.77. The van der Waals surface area contributed by atoms with Gasteiger partial charge >= 0.3 is 0 Å². The molecule has 0 amide bonds. The van der Waals surface area contributed by atoms with Crippen LogP contribution in [0.1, 0.15) is 19.3 Å². The molecule has 1 aliphatic carbocycles. The molecule has 2 rings (SSSR count). The van der Waals surface area contributed by atoms with E-state index in [1.165, 1.54) is 6.42 Å². The molecule has 14 heavy (non-hydrogen) atoms. The Bertz CT molecular complexity index is 188. The number of rotatable bonds is 3. The third-order valence-corrected chi connectivity index (χ3v) is 3.23. The van der Waals surface area contributed by atoms with E-state index in [0.29, 0.717) is 25.4 Å². The van der Waals surface area contributed by atoms with Crippen LogP contribution >= 0.6 is 0 Å². The third kappa shape index (κ3) is 2.08. The Kier molecular flexibility index (Phi) is 3.38. The summed E-state index contributed by atoms with van der Waals surface area (Å²) in [6.45, 7) is 1.08. The van der Waals surface area contributed by atoms with Crippen molar-refractivity contribution in [1.82, 2.24) is 5.32 Å². The molecule has 4 atom stereocenters. The highest BCUT2D eigenvalue weighted by Crippen LogP contribution is 2.22. The first-order valence-corrected chi connectivity index (χ1v) is 5.36. The Labute approximate surface area is 84.6 Å². The van der Waals surface area contributed by atoms with Crippen molar-refractivity contribution in [2.45, 2.75) is 43.6 Å². The summed E-state index contributed by atoms with van der Waals surface area (Å²) in [6.07, 6.45) is 3.43. The van der Waals surface area contributed by atoms with Crippen LogP contribution in [0.4, 0.5) is 0 Å². The minimum atomic E-state index is -0.354. The molecule has 2 fully saturated rings. The number of aliphatic hydroxyl groups excluding tert-OH is 1. The summed E-state index contributed by atoms with van der Waals surface area (Å²) >= 11 is 0. The van der Waals surface area contributed by atoms with Crippen LogP contribution in [0.2, 0.25) is 0 Å². The molecular weight excluding hydrogens is 182 g/mol. The van der Waals surface area contributed by atoms with Gasteiger partial charge in [0.1, 0.15) is 0 Å². The van der Waals surface area contributed by atoms with E-state index in [0.717, 1.165) is 12.8 Å². The van der Waals surface area contributed by atoms with Gasteiger partial charge < -0.3 is 19.9 Å². The smallest absolute Gasteiger partial charge is 0.0948 e. The molecule has 4 nitrogen and oxygen atoms in total. The van der Waals surface area contributed by atoms with Gasteiger partial charge in [-0.25, -0.2) is 0 Å². The van der Waals surface area contributed by atoms with Crippen molar-refractivity contribution < 1.29 is 14.6 Å². The largest absolute Gasteiger partial charge is 0.389 e. The molecule has 4 unspecified atom stereocenters. The lowest BCUT2D eigenvalue weighted by Gasteiger charge is -2.24. The molecule has 2 aliphatic rings. The quantitative estimate of drug-likeness (QED) is 0.669. The van der Waals surface area contributed by atoms with Gasteiger partial charge in [0.15, 0.2) is 0 Å². The first kappa shape index (κ1) is 10.4. The first-order valence-electron chi connectivity index (χ1n) is 5.36. The maximum Gasteiger partial charge on any atom is 0.0948 e. The predicted octanol–water partition coefficient (Wildman–Crippen LogP) is -0.0968. The Morgan fingerprint density at radius 2 is 2.14 bits per heavy atom. The van der Waals surface area contributed by atoms with Crippen LogP contribution in [0, 0.1) is 0 Å². The maximum atomic E-state index is 9.58. The van der Waals surface area contributed by atoms with Crippen LogP contribution < -0.4 is 5.32 Å². The van der Waals surface area contributed by atoms with Gasteiger partial charge in [-0.2, -0.15) is 0 Å². The first-order chi connectivity index (χ1) is 6.81. The summed E-state index contributed by atoms with van der Waals surface area (Å²) in [5, 5.41) is 13.0. The summed E-state index contributed by atoms with van der Waals surface area (Å²) in [7, 11) is 1.76. The van der Waals surface area contributed by atoms with E-state index in [1.54, 1.807) is 7.11 Å². The number of hydrogen-bond donors (Lipinski definition) is 2. The molecule has 1 aliphatic heterocycles. The summed E-state index contributed by atoms with van der Waals surface area (Å²) in [6, 6.07) is 0.483. The van der Waals surface area contributed by atoms with Gasteiger partial charge in [0, 0.05) is 13.2 Å². The van der Waals surface area contributed by atoms with Crippen molar-refractivity contribution in [1.29, 1.82) is 0 Å². The minimum absolute atomic E-state index is 0.0933. The second-order valence-corrected chi connectivity index (χ2v) is 4.19. The van der Waals surface area contributed by atoms with Gasteiger partial charge in [0.2, 0.25) is 0 Å². The fraction of sp³-hybridized carbons (Fsp3) is 1.00. The number of nitrogens with one attached hydrogen (secondary N) is 1. The van der Waals surface area contributed by atoms with E-state index in [2.05, 4.69) is 5.32 Å². The van der Waals surface area contributed by atoms with E-state index in [4.69, 9.17) is 9.47 Å². The SMILES string of the molecule is COC1CCCC1NC1COCC1O. The highest BCUT2D eigenvalue weighted by atomic mass is 16.5. The van der Waals surface area contributed by atoms with Crippen molar-refractivity contribution in [2.24, 2.45) is 0 Å². The van der Waals surface area contributed by atoms with Crippen LogP contribution in [0.3, 0.4) is 0 Å². The molecule has 0 radical (unpaired) electrons. The van der Waals surface area contributed by atoms with Gasteiger partial charge in [0.05, 0.1) is 31.5 Å². The van der Waals surface area contributed by atoms with Crippen LogP contribution in [0.5, 0.6) is 0 Å². The van der Waals surface area contributed by atoms with E-state index >= 15 is 0 Å². The Hall–Kier alpha value is -0.160. The van der Waals surface area contributed by atoms with Crippen LogP contribution in [-0.4, -0.2) is 49.7 Å². The second-order valence-electron chi connectivity index (χ2n) is 4.19. The number of hydrogen-bond acceptors (Lipinski definition) is 4. The number of ether oxygens (including phenoxy) is 2. The minimum Gasteiger partial charge on any atom is -0.389 e. The Morgan fingerprint density at radius 3 is 2.79 bits per heavy atom. The summed E-state index contributed by atoms with van der Waals surface area (Å²) in [5.41, 5.74) is 0. The molecule has 0 aromatic rings. The highest BCUT2D eigenvalue weighted by Gasteiger charge is 2.33. The predicted molar refractivity (Wildman–Crippen MR) is 52.2 cm³/mol. The van der Waals surface area contributed by atoms with Crippen molar-refractivity contribution in [3.05, 3.63) is 0 Å². The van der Waals surface area contributed by atoms with Crippen LogP contribution in [0.15, 0.2) is 0 Å². The summed E-state index contributed by atoms with van der Waals surface area (Å²) < 4.78 is 10.6. The van der Waals surface area contributed by atoms with Gasteiger partial charge in [-0.15, -0.1) is 0 Å². The molecule has 0 aromatic carbocycles. The Morgan fingerprint density at radius 1 is 1.29 bits per heavy atom. The van der Waals surface area contributed by atoms with Crippen molar-refractivity contribution in [2.75, 3.05) is 20.3 Å². The lowest BCUT2D eigenvalue weighted by molar-refractivity contribution is 0.0720. The van der Waals surface area contributed by atoms with Crippen LogP contribution in [-0.2, 0) is 9.47 Å². The van der Waals surface area contributed by atoms with Gasteiger partial charge in [-0.3, -0.25) is 0 Å². The summed E-state index contributed by atoms with van der Waals surface area (Å²) in [4.78, 5) is 0. The third-order valence-electron chi connectivity index (χ3n) is 3.23. The van der Waals surface area contributed by atoms with Gasteiger partial charge in [0.25, 0.3) is 0 Å². The van der Waals surface area contributed by atoms with Crippen molar-refractivity contribution >= 4 is 0 Å². The monoisotopic (exact) mass is 201 g/mol. The molecule has 0 aromatic heterocycles. The zero-order valence-corrected chi connectivity index (χ0v) is 8.61. The maximum absolute atomic E-state index is 9.58. The fourth-order valence-corrected chi connectivity index (χ4v) is 2.38. The Balaban J connectivity index is 1.83. The van der Waals surface area contributed by atoms with E-state index in [1.807, 2.05) is 0 Å². The number of aliphatic hydroxyl groups is 1. The lowest BCUT2D eigenvalue weighted by atomic mass is 10.1. The molecule has 4 heteroatoms. The lowest BCUT2D eigenvalue weighted by Crippen LogP contribution is -2.48. The van der Waals surface area contributed by atoms with Gasteiger partial charge in [-0.1, -0.05) is 0 Å². The average molecular weight is 201 g/mol. The highest BCUT2D eigenvalue weighted by molar-refractivity contribution is 4.90. The molecule has 1 saturated carbocycles. The second kappa shape index (κ2) is 4.57. The van der Waals surface area contributed by atoms with E-state index in [-0.39, 0.29) is 12.1 Å². The zero-order valence-electron chi connectivity index (χ0n) is 8.61. The molecule has 82 valence electrons. The normalized spacial score (nSPS) is 43.3. The van der Waals surface area contributed by atoms with Gasteiger partial charge in [-0.05, 0) is 19.3 Å². The molecule has 1 heterocycles. The van der Waals surface area contributed by atoms with Crippen LogP contribution in [0.25, 0.3) is 0 Å². The van der Waals surface area contributed by atoms with Crippen molar-refractivity contribution in [3.63, 3.8) is 0 Å². The molecule has 1 saturated heterocycles. The molecular formula is C10H19NO3. The summed E-state index contributed by atoms with van der Waals surface area (Å²) in [5.74, 6) is 0. The van der Waals surface area contributed by atoms with Crippen molar-refractivity contribution in [3.8, 4) is 0 Å². The van der Waals surface area contributed by atoms with E-state index < -0.39 is 0 Å². The standard InChI is InChI=1S/C10H19NO3/c1-13-10-4-2-3-7(10)11-8-5-14-6-9(8)12/h7-12H,2-6H2,1H3. The fourth-order valence-electron chi connectivity index (χ4n) is 2.38. The molecule has 2 N–H and O–H groups in total. The molecule has 0 bridgehead atoms. The zero-order chi connectivity index (χ0) is 9.97. The topological polar surface area (TPSA) is 50.7 Å². The van der Waals surface area contributed by atoms with E-state index in [9.17, 15) is 5.11 Å².